The highest BCUT2D eigenvalue weighted by molar-refractivity contribution is 7.16. The highest BCUT2D eigenvalue weighted by Crippen LogP contribution is 2.37. The molecule has 0 aliphatic carbocycles. The van der Waals surface area contributed by atoms with Gasteiger partial charge in [0.1, 0.15) is 5.69 Å². The number of nitrogens with zero attached hydrogens (tertiary/aromatic N) is 4. The van der Waals surface area contributed by atoms with Crippen LogP contribution in [0.4, 0.5) is 0 Å². The van der Waals surface area contributed by atoms with Crippen molar-refractivity contribution in [3.05, 3.63) is 47.5 Å². The molecule has 0 saturated heterocycles. The summed E-state index contributed by atoms with van der Waals surface area (Å²) in [5.41, 5.74) is 1.40. The van der Waals surface area contributed by atoms with E-state index in [-0.39, 0.29) is 18.7 Å². The van der Waals surface area contributed by atoms with Gasteiger partial charge in [-0.3, -0.25) is 9.48 Å². The second-order valence-corrected chi connectivity index (χ2v) is 7.14. The summed E-state index contributed by atoms with van der Waals surface area (Å²) in [4.78, 5) is 17.7. The van der Waals surface area contributed by atoms with Gasteiger partial charge in [0.25, 0.3) is 5.91 Å². The molecule has 0 radical (unpaired) electrons. The molecule has 0 atom stereocenters. The molecular weight excluding hydrogens is 352 g/mol. The summed E-state index contributed by atoms with van der Waals surface area (Å²) in [5, 5.41) is 4.20. The Hall–Kier alpha value is -2.87. The number of carbonyl (C=O) groups excluding carboxylic acids is 1. The number of ether oxygens (including phenoxy) is 2. The van der Waals surface area contributed by atoms with Gasteiger partial charge in [-0.1, -0.05) is 17.4 Å². The van der Waals surface area contributed by atoms with E-state index in [1.54, 1.807) is 23.0 Å². The first-order valence-electron chi connectivity index (χ1n) is 8.25. The lowest BCUT2D eigenvalue weighted by Gasteiger charge is -2.07. The van der Waals surface area contributed by atoms with Crippen LogP contribution in [-0.2, 0) is 6.54 Å². The van der Waals surface area contributed by atoms with E-state index in [1.165, 1.54) is 11.3 Å². The minimum absolute atomic E-state index is 0.0825. The smallest absolute Gasteiger partial charge is 0.297 e. The van der Waals surface area contributed by atoms with Gasteiger partial charge in [0.2, 0.25) is 6.79 Å². The maximum atomic E-state index is 12.7. The number of aromatic nitrogens is 3. The van der Waals surface area contributed by atoms with Gasteiger partial charge in [-0.15, -0.1) is 6.58 Å². The van der Waals surface area contributed by atoms with Gasteiger partial charge in [-0.25, -0.2) is 0 Å². The zero-order chi connectivity index (χ0) is 18.3. The molecule has 1 aliphatic rings. The van der Waals surface area contributed by atoms with Crippen molar-refractivity contribution in [3.63, 3.8) is 0 Å². The number of fused-ring (bicyclic) bond motifs is 2. The Morgan fingerprint density at radius 1 is 1.42 bits per heavy atom. The number of allylic oxidation sites excluding steroid dienone is 1. The molecular formula is C18H18N4O3S. The molecule has 134 valence electrons. The third-order valence-corrected chi connectivity index (χ3v) is 5.11. The molecule has 8 heteroatoms. The molecule has 0 fully saturated rings. The number of hydrogen-bond acceptors (Lipinski definition) is 5. The second kappa shape index (κ2) is 6.45. The normalized spacial score (nSPS) is 13.7. The first-order chi connectivity index (χ1) is 12.6. The molecule has 0 bridgehead atoms. The van der Waals surface area contributed by atoms with Crippen LogP contribution in [0.25, 0.3) is 10.2 Å². The third-order valence-electron chi connectivity index (χ3n) is 4.06. The average Bonchev–Trinajstić information content (AvgIpc) is 3.32. The quantitative estimate of drug-likeness (QED) is 0.662. The number of benzene rings is 1. The Kier molecular flexibility index (Phi) is 4.12. The van der Waals surface area contributed by atoms with Gasteiger partial charge in [0, 0.05) is 30.9 Å². The lowest BCUT2D eigenvalue weighted by Crippen LogP contribution is -2.18. The molecule has 0 saturated carbocycles. The maximum Gasteiger partial charge on any atom is 0.297 e. The summed E-state index contributed by atoms with van der Waals surface area (Å²) in [7, 11) is 0. The van der Waals surface area contributed by atoms with E-state index >= 15 is 0 Å². The van der Waals surface area contributed by atoms with Crippen molar-refractivity contribution in [2.75, 3.05) is 6.79 Å². The van der Waals surface area contributed by atoms with Crippen molar-refractivity contribution in [1.82, 2.24) is 14.3 Å². The lowest BCUT2D eigenvalue weighted by molar-refractivity contribution is 0.0986. The molecule has 3 aromatic rings. The lowest BCUT2D eigenvalue weighted by atomic mass is 10.3. The fourth-order valence-electron chi connectivity index (χ4n) is 2.89. The van der Waals surface area contributed by atoms with Crippen LogP contribution in [0.1, 0.15) is 30.4 Å². The van der Waals surface area contributed by atoms with Crippen molar-refractivity contribution in [2.24, 2.45) is 4.99 Å². The largest absolute Gasteiger partial charge is 0.454 e. The molecule has 1 aromatic carbocycles. The Balaban J connectivity index is 1.86. The molecule has 7 nitrogen and oxygen atoms in total. The predicted octanol–water partition coefficient (Wildman–Crippen LogP) is 3.14. The summed E-state index contributed by atoms with van der Waals surface area (Å²) in [6, 6.07) is 5.61. The third kappa shape index (κ3) is 2.72. The molecule has 3 heterocycles. The fourth-order valence-corrected chi connectivity index (χ4v) is 3.94. The number of amides is 1. The van der Waals surface area contributed by atoms with Crippen LogP contribution in [-0.4, -0.2) is 27.0 Å². The summed E-state index contributed by atoms with van der Waals surface area (Å²) in [5.74, 6) is 1.09. The summed E-state index contributed by atoms with van der Waals surface area (Å²) >= 11 is 1.43. The van der Waals surface area contributed by atoms with Crippen LogP contribution in [0, 0.1) is 0 Å². The van der Waals surface area contributed by atoms with Crippen LogP contribution in [0.15, 0.2) is 42.0 Å². The average molecular weight is 370 g/mol. The molecule has 1 amide bonds. The first-order valence-corrected chi connectivity index (χ1v) is 9.06. The Morgan fingerprint density at radius 2 is 2.19 bits per heavy atom. The van der Waals surface area contributed by atoms with E-state index in [0.29, 0.717) is 28.5 Å². The Labute approximate surface area is 153 Å². The van der Waals surface area contributed by atoms with E-state index in [9.17, 15) is 4.79 Å². The second-order valence-electron chi connectivity index (χ2n) is 6.13. The molecule has 0 spiro atoms. The highest BCUT2D eigenvalue weighted by Gasteiger charge is 2.18. The molecule has 2 aromatic heterocycles. The minimum Gasteiger partial charge on any atom is -0.454 e. The van der Waals surface area contributed by atoms with Gasteiger partial charge >= 0.3 is 0 Å². The van der Waals surface area contributed by atoms with E-state index < -0.39 is 0 Å². The highest BCUT2D eigenvalue weighted by atomic mass is 32.1. The SMILES string of the molecule is C=CCn1c(=NC(=O)c2ccnn2C(C)C)sc2cc3c(cc21)OCO3. The molecule has 0 N–H and O–H groups in total. The first kappa shape index (κ1) is 16.6. The number of carbonyl (C=O) groups is 1. The number of hydrogen-bond donors (Lipinski definition) is 0. The van der Waals surface area contributed by atoms with Crippen LogP contribution in [0.5, 0.6) is 11.5 Å². The van der Waals surface area contributed by atoms with Gasteiger partial charge in [0.05, 0.1) is 10.2 Å². The molecule has 26 heavy (non-hydrogen) atoms. The monoisotopic (exact) mass is 370 g/mol. The molecule has 4 rings (SSSR count). The molecule has 0 unspecified atom stereocenters. The van der Waals surface area contributed by atoms with Gasteiger partial charge in [-0.2, -0.15) is 10.1 Å². The van der Waals surface area contributed by atoms with Crippen molar-refractivity contribution < 1.29 is 14.3 Å². The van der Waals surface area contributed by atoms with Crippen molar-refractivity contribution in [2.45, 2.75) is 26.4 Å². The summed E-state index contributed by atoms with van der Waals surface area (Å²) in [6.07, 6.45) is 3.39. The van der Waals surface area contributed by atoms with Crippen LogP contribution in [0.3, 0.4) is 0 Å². The van der Waals surface area contributed by atoms with E-state index in [4.69, 9.17) is 9.47 Å². The van der Waals surface area contributed by atoms with Crippen LogP contribution < -0.4 is 14.3 Å². The van der Waals surface area contributed by atoms with Crippen molar-refractivity contribution in [3.8, 4) is 11.5 Å². The summed E-state index contributed by atoms with van der Waals surface area (Å²) < 4.78 is 15.5. The van der Waals surface area contributed by atoms with Crippen LogP contribution >= 0.6 is 11.3 Å². The zero-order valence-electron chi connectivity index (χ0n) is 14.5. The topological polar surface area (TPSA) is 70.6 Å². The van der Waals surface area contributed by atoms with E-state index in [2.05, 4.69) is 16.7 Å². The fraction of sp³-hybridized carbons (Fsp3) is 0.278. The van der Waals surface area contributed by atoms with Gasteiger partial charge < -0.3 is 14.0 Å². The van der Waals surface area contributed by atoms with E-state index in [0.717, 1.165) is 10.2 Å². The van der Waals surface area contributed by atoms with Gasteiger partial charge in [0.15, 0.2) is 16.3 Å². The number of thiazole rings is 1. The number of rotatable bonds is 4. The van der Waals surface area contributed by atoms with Crippen molar-refractivity contribution >= 4 is 27.5 Å². The summed E-state index contributed by atoms with van der Waals surface area (Å²) in [6.45, 7) is 8.52. The predicted molar refractivity (Wildman–Crippen MR) is 98.6 cm³/mol. The Morgan fingerprint density at radius 3 is 2.92 bits per heavy atom. The van der Waals surface area contributed by atoms with Crippen LogP contribution in [0.2, 0.25) is 0 Å². The zero-order valence-corrected chi connectivity index (χ0v) is 15.3. The molecule has 1 aliphatic heterocycles. The standard InChI is InChI=1S/C18H18N4O3S/c1-4-7-21-13-8-14-15(25-10-24-14)9-16(13)26-18(21)20-17(23)12-5-6-19-22(12)11(2)3/h4-6,8-9,11H,1,7,10H2,2-3H3. The minimum atomic E-state index is -0.319. The maximum absolute atomic E-state index is 12.7. The Bertz CT molecular complexity index is 1070. The van der Waals surface area contributed by atoms with Gasteiger partial charge in [-0.05, 0) is 19.9 Å². The van der Waals surface area contributed by atoms with E-state index in [1.807, 2.05) is 30.5 Å². The van der Waals surface area contributed by atoms with Crippen molar-refractivity contribution in [1.29, 1.82) is 0 Å².